The number of carbonyl (C=O) groups is 1. The van der Waals surface area contributed by atoms with Gasteiger partial charge in [0.15, 0.2) is 11.5 Å². The van der Waals surface area contributed by atoms with Gasteiger partial charge in [-0.3, -0.25) is 4.79 Å². The second kappa shape index (κ2) is 7.83. The maximum atomic E-state index is 12.8. The number of imidazole rings is 1. The molecule has 0 atom stereocenters. The molecule has 32 heavy (non-hydrogen) atoms. The summed E-state index contributed by atoms with van der Waals surface area (Å²) in [6.07, 6.45) is 3.54. The zero-order chi connectivity index (χ0) is 21.5. The van der Waals surface area contributed by atoms with E-state index in [-0.39, 0.29) is 18.6 Å². The lowest BCUT2D eigenvalue weighted by Gasteiger charge is -2.30. The second-order valence-electron chi connectivity index (χ2n) is 7.92. The Kier molecular flexibility index (Phi) is 4.68. The van der Waals surface area contributed by atoms with Crippen LogP contribution in [0.2, 0.25) is 0 Å². The van der Waals surface area contributed by atoms with Crippen molar-refractivity contribution < 1.29 is 14.3 Å². The SMILES string of the molecule is O=C(Nc1ccc2c(c1)OCO2)C1CCN(c2nn3cc(-c4ccccc4)nc3s2)CC1. The van der Waals surface area contributed by atoms with Crippen molar-refractivity contribution in [2.24, 2.45) is 5.92 Å². The van der Waals surface area contributed by atoms with Crippen LogP contribution in [0, 0.1) is 5.92 Å². The van der Waals surface area contributed by atoms with Crippen LogP contribution in [0.4, 0.5) is 10.8 Å². The van der Waals surface area contributed by atoms with Crippen molar-refractivity contribution in [1.82, 2.24) is 14.6 Å². The molecule has 1 saturated heterocycles. The first-order valence-electron chi connectivity index (χ1n) is 10.6. The normalized spacial score (nSPS) is 15.9. The Labute approximate surface area is 188 Å². The zero-order valence-corrected chi connectivity index (χ0v) is 18.0. The largest absolute Gasteiger partial charge is 0.454 e. The molecule has 4 heterocycles. The monoisotopic (exact) mass is 447 g/mol. The van der Waals surface area contributed by atoms with E-state index in [1.54, 1.807) is 11.3 Å². The van der Waals surface area contributed by atoms with Gasteiger partial charge in [0.2, 0.25) is 22.8 Å². The molecule has 1 fully saturated rings. The number of benzene rings is 2. The lowest BCUT2D eigenvalue weighted by atomic mass is 9.96. The van der Waals surface area contributed by atoms with Gasteiger partial charge in [-0.25, -0.2) is 9.50 Å². The van der Waals surface area contributed by atoms with Crippen molar-refractivity contribution >= 4 is 33.0 Å². The van der Waals surface area contributed by atoms with Gasteiger partial charge in [-0.2, -0.15) is 0 Å². The van der Waals surface area contributed by atoms with E-state index < -0.39 is 0 Å². The van der Waals surface area contributed by atoms with Crippen LogP contribution in [-0.4, -0.2) is 40.4 Å². The van der Waals surface area contributed by atoms with E-state index in [2.05, 4.69) is 10.2 Å². The minimum Gasteiger partial charge on any atom is -0.454 e. The van der Waals surface area contributed by atoms with Gasteiger partial charge in [0.05, 0.1) is 11.9 Å². The van der Waals surface area contributed by atoms with Crippen LogP contribution in [0.3, 0.4) is 0 Å². The van der Waals surface area contributed by atoms with Gasteiger partial charge in [0.25, 0.3) is 0 Å². The van der Waals surface area contributed by atoms with E-state index in [1.165, 1.54) is 0 Å². The predicted molar refractivity (Wildman–Crippen MR) is 122 cm³/mol. The lowest BCUT2D eigenvalue weighted by Crippen LogP contribution is -2.38. The molecular formula is C23H21N5O3S. The minimum atomic E-state index is -0.0228. The zero-order valence-electron chi connectivity index (χ0n) is 17.2. The Hall–Kier alpha value is -3.59. The van der Waals surface area contributed by atoms with Crippen LogP contribution in [0.15, 0.2) is 54.7 Å². The molecule has 162 valence electrons. The van der Waals surface area contributed by atoms with Gasteiger partial charge in [-0.1, -0.05) is 41.7 Å². The predicted octanol–water partition coefficient (Wildman–Crippen LogP) is 4.04. The number of anilines is 2. The highest BCUT2D eigenvalue weighted by Gasteiger charge is 2.27. The van der Waals surface area contributed by atoms with Crippen molar-refractivity contribution in [3.8, 4) is 22.8 Å². The van der Waals surface area contributed by atoms with Crippen molar-refractivity contribution in [1.29, 1.82) is 0 Å². The van der Waals surface area contributed by atoms with Gasteiger partial charge in [-0.15, -0.1) is 5.10 Å². The van der Waals surface area contributed by atoms with Crippen LogP contribution in [0.25, 0.3) is 16.2 Å². The number of aromatic nitrogens is 3. The van der Waals surface area contributed by atoms with Crippen molar-refractivity contribution in [3.05, 3.63) is 54.7 Å². The van der Waals surface area contributed by atoms with Crippen LogP contribution in [-0.2, 0) is 4.79 Å². The second-order valence-corrected chi connectivity index (χ2v) is 8.86. The molecule has 0 spiro atoms. The third-order valence-electron chi connectivity index (χ3n) is 5.88. The molecule has 0 radical (unpaired) electrons. The molecule has 2 aliphatic rings. The van der Waals surface area contributed by atoms with Crippen molar-refractivity contribution in [2.75, 3.05) is 30.1 Å². The first-order chi connectivity index (χ1) is 15.7. The topological polar surface area (TPSA) is 81.0 Å². The van der Waals surface area contributed by atoms with Crippen molar-refractivity contribution in [2.45, 2.75) is 12.8 Å². The molecule has 0 aliphatic carbocycles. The summed E-state index contributed by atoms with van der Waals surface area (Å²) in [5, 5.41) is 8.69. The third-order valence-corrected chi connectivity index (χ3v) is 6.86. The molecule has 0 saturated carbocycles. The standard InChI is InChI=1S/C23H21N5O3S/c29-21(24-17-6-7-19-20(12-17)31-14-30-19)16-8-10-27(11-9-16)23-26-28-13-18(25-22(28)32-23)15-4-2-1-3-5-15/h1-7,12-13,16H,8-11,14H2,(H,24,29). The summed E-state index contributed by atoms with van der Waals surface area (Å²) in [6, 6.07) is 15.6. The Morgan fingerprint density at radius 2 is 1.88 bits per heavy atom. The average Bonchev–Trinajstić information content (AvgIpc) is 3.54. The van der Waals surface area contributed by atoms with Gasteiger partial charge in [0.1, 0.15) is 0 Å². The van der Waals surface area contributed by atoms with Crippen LogP contribution in [0.5, 0.6) is 11.5 Å². The quantitative estimate of drug-likeness (QED) is 0.509. The number of carbonyl (C=O) groups excluding carboxylic acids is 1. The molecule has 1 N–H and O–H groups in total. The van der Waals surface area contributed by atoms with Crippen LogP contribution < -0.4 is 19.7 Å². The Morgan fingerprint density at radius 3 is 2.69 bits per heavy atom. The summed E-state index contributed by atoms with van der Waals surface area (Å²) in [4.78, 5) is 20.6. The number of nitrogens with zero attached hydrogens (tertiary/aromatic N) is 4. The molecule has 0 unspecified atom stereocenters. The highest BCUT2D eigenvalue weighted by molar-refractivity contribution is 7.20. The summed E-state index contributed by atoms with van der Waals surface area (Å²) < 4.78 is 12.6. The van der Waals surface area contributed by atoms with E-state index >= 15 is 0 Å². The van der Waals surface area contributed by atoms with Crippen LogP contribution in [0.1, 0.15) is 12.8 Å². The van der Waals surface area contributed by atoms with E-state index in [9.17, 15) is 4.79 Å². The summed E-state index contributed by atoms with van der Waals surface area (Å²) in [6.45, 7) is 1.81. The molecule has 2 aromatic carbocycles. The highest BCUT2D eigenvalue weighted by atomic mass is 32.1. The maximum Gasteiger partial charge on any atom is 0.231 e. The summed E-state index contributed by atoms with van der Waals surface area (Å²) in [5.41, 5.74) is 2.74. The summed E-state index contributed by atoms with van der Waals surface area (Å²) >= 11 is 1.58. The average molecular weight is 448 g/mol. The molecule has 6 rings (SSSR count). The molecule has 1 amide bonds. The summed E-state index contributed by atoms with van der Waals surface area (Å²) in [7, 11) is 0. The number of fused-ring (bicyclic) bond motifs is 2. The molecule has 8 nitrogen and oxygen atoms in total. The molecule has 4 aromatic rings. The number of hydrogen-bond acceptors (Lipinski definition) is 7. The number of hydrogen-bond donors (Lipinski definition) is 1. The van der Waals surface area contributed by atoms with E-state index in [1.807, 2.05) is 59.2 Å². The lowest BCUT2D eigenvalue weighted by molar-refractivity contribution is -0.120. The molecule has 2 aromatic heterocycles. The Balaban J connectivity index is 1.09. The van der Waals surface area contributed by atoms with E-state index in [0.29, 0.717) is 11.5 Å². The number of nitrogens with one attached hydrogen (secondary N) is 1. The number of rotatable bonds is 4. The smallest absolute Gasteiger partial charge is 0.231 e. The first-order valence-corrected chi connectivity index (χ1v) is 11.4. The Bertz CT molecular complexity index is 1250. The van der Waals surface area contributed by atoms with Gasteiger partial charge in [-0.05, 0) is 25.0 Å². The summed E-state index contributed by atoms with van der Waals surface area (Å²) in [5.74, 6) is 1.40. The molecule has 0 bridgehead atoms. The van der Waals surface area contributed by atoms with Crippen molar-refractivity contribution in [3.63, 3.8) is 0 Å². The fraction of sp³-hybridized carbons (Fsp3) is 0.261. The number of piperidine rings is 1. The van der Waals surface area contributed by atoms with E-state index in [0.717, 1.165) is 53.0 Å². The third kappa shape index (κ3) is 3.54. The maximum absolute atomic E-state index is 12.8. The van der Waals surface area contributed by atoms with Gasteiger partial charge >= 0.3 is 0 Å². The number of ether oxygens (including phenoxy) is 2. The molecule has 9 heteroatoms. The highest BCUT2D eigenvalue weighted by Crippen LogP contribution is 2.35. The van der Waals surface area contributed by atoms with Crippen LogP contribution >= 0.6 is 11.3 Å². The molecular weight excluding hydrogens is 426 g/mol. The first kappa shape index (κ1) is 19.1. The Morgan fingerprint density at radius 1 is 1.06 bits per heavy atom. The minimum absolute atomic E-state index is 0.0228. The van der Waals surface area contributed by atoms with E-state index in [4.69, 9.17) is 19.6 Å². The number of amides is 1. The fourth-order valence-corrected chi connectivity index (χ4v) is 5.05. The van der Waals surface area contributed by atoms with Gasteiger partial charge in [0, 0.05) is 36.3 Å². The molecule has 2 aliphatic heterocycles. The van der Waals surface area contributed by atoms with Gasteiger partial charge < -0.3 is 19.7 Å². The fourth-order valence-electron chi connectivity index (χ4n) is 4.12.